The van der Waals surface area contributed by atoms with Crippen LogP contribution in [-0.2, 0) is 21.4 Å². The fraction of sp³-hybridized carbons (Fsp3) is 0.321. The summed E-state index contributed by atoms with van der Waals surface area (Å²) >= 11 is 0. The van der Waals surface area contributed by atoms with Gasteiger partial charge in [0, 0.05) is 39.8 Å². The molecule has 10 nitrogen and oxygen atoms in total. The van der Waals surface area contributed by atoms with Crippen molar-refractivity contribution in [3.8, 4) is 0 Å². The molecule has 2 heterocycles. The zero-order valence-corrected chi connectivity index (χ0v) is 24.1. The molecule has 1 aliphatic rings. The van der Waals surface area contributed by atoms with E-state index in [-0.39, 0.29) is 16.5 Å². The number of carbonyl (C=O) groups is 2. The number of amides is 1. The smallest absolute Gasteiger partial charge is 0.475 e. The molecule has 0 bridgehead atoms. The molecular weight excluding hydrogens is 575 g/mol. The van der Waals surface area contributed by atoms with E-state index in [1.165, 1.54) is 6.20 Å². The Hall–Kier alpha value is -4.17. The molecule has 0 radical (unpaired) electrons. The molecule has 1 aromatic heterocycles. The summed E-state index contributed by atoms with van der Waals surface area (Å²) in [5.41, 5.74) is 3.12. The predicted molar refractivity (Wildman–Crippen MR) is 152 cm³/mol. The molecule has 1 aliphatic heterocycles. The van der Waals surface area contributed by atoms with Crippen molar-refractivity contribution in [2.45, 2.75) is 31.5 Å². The van der Waals surface area contributed by atoms with Crippen LogP contribution in [0.15, 0.2) is 65.7 Å². The highest BCUT2D eigenvalue weighted by atomic mass is 32.2. The second kappa shape index (κ2) is 13.7. The van der Waals surface area contributed by atoms with E-state index in [1.54, 1.807) is 37.1 Å². The number of sulfonamides is 1. The van der Waals surface area contributed by atoms with Crippen LogP contribution in [0, 0.1) is 13.8 Å². The lowest BCUT2D eigenvalue weighted by Gasteiger charge is -2.30. The Kier molecular flexibility index (Phi) is 10.5. The summed E-state index contributed by atoms with van der Waals surface area (Å²) in [4.78, 5) is 30.9. The molecule has 1 saturated heterocycles. The average molecular weight is 608 g/mol. The molecule has 226 valence electrons. The lowest BCUT2D eigenvalue weighted by molar-refractivity contribution is -0.192. The third-order valence-electron chi connectivity index (χ3n) is 6.25. The van der Waals surface area contributed by atoms with Gasteiger partial charge in [0.1, 0.15) is 5.82 Å². The molecule has 0 atom stereocenters. The second-order valence-electron chi connectivity index (χ2n) is 9.66. The number of hydrogen-bond acceptors (Lipinski definition) is 7. The highest BCUT2D eigenvalue weighted by Gasteiger charge is 2.38. The lowest BCUT2D eigenvalue weighted by atomic mass is 10.1. The third kappa shape index (κ3) is 8.66. The monoisotopic (exact) mass is 607 g/mol. The van der Waals surface area contributed by atoms with Crippen LogP contribution in [0.25, 0.3) is 0 Å². The number of carboxylic acid groups (broad SMARTS) is 1. The molecule has 0 spiro atoms. The van der Waals surface area contributed by atoms with E-state index in [4.69, 9.17) is 9.90 Å². The lowest BCUT2D eigenvalue weighted by Crippen LogP contribution is -2.44. The maximum absolute atomic E-state index is 13.6. The SMILES string of the molecule is Cc1ccc(C)c(S(=O)(=O)Nc2cnc(N3CCNCC3)c(C(=O)N(C)Cc3ccccc3)c2)c1.O=C(O)C(F)(F)F. The molecule has 14 heteroatoms. The molecule has 3 N–H and O–H groups in total. The number of piperazine rings is 1. The van der Waals surface area contributed by atoms with Gasteiger partial charge in [-0.2, -0.15) is 13.2 Å². The van der Waals surface area contributed by atoms with E-state index in [2.05, 4.69) is 19.9 Å². The number of carbonyl (C=O) groups excluding carboxylic acids is 1. The summed E-state index contributed by atoms with van der Waals surface area (Å²) in [6.45, 7) is 7.03. The summed E-state index contributed by atoms with van der Waals surface area (Å²) in [5.74, 6) is -2.42. The Bertz CT molecular complexity index is 1510. The number of nitrogens with one attached hydrogen (secondary N) is 2. The predicted octanol–water partition coefficient (Wildman–Crippen LogP) is 3.81. The molecule has 0 unspecified atom stereocenters. The Morgan fingerprint density at radius 3 is 2.29 bits per heavy atom. The molecule has 4 rings (SSSR count). The second-order valence-corrected chi connectivity index (χ2v) is 11.3. The fourth-order valence-electron chi connectivity index (χ4n) is 4.14. The van der Waals surface area contributed by atoms with Crippen molar-refractivity contribution < 1.29 is 36.3 Å². The number of benzene rings is 2. The van der Waals surface area contributed by atoms with E-state index in [9.17, 15) is 26.4 Å². The number of carboxylic acids is 1. The van der Waals surface area contributed by atoms with Crippen molar-refractivity contribution in [2.75, 3.05) is 42.8 Å². The fourth-order valence-corrected chi connectivity index (χ4v) is 5.51. The number of pyridine rings is 1. The van der Waals surface area contributed by atoms with E-state index in [0.29, 0.717) is 36.6 Å². The first-order valence-electron chi connectivity index (χ1n) is 12.8. The number of anilines is 2. The Labute approximate surface area is 242 Å². The van der Waals surface area contributed by atoms with Gasteiger partial charge in [-0.05, 0) is 42.7 Å². The van der Waals surface area contributed by atoms with Crippen LogP contribution in [0.2, 0.25) is 0 Å². The van der Waals surface area contributed by atoms with Gasteiger partial charge < -0.3 is 20.2 Å². The van der Waals surface area contributed by atoms with Crippen LogP contribution < -0.4 is 14.9 Å². The standard InChI is InChI=1S/C26H31N5O3S.C2HF3O2/c1-19-9-10-20(2)24(15-19)35(33,34)29-22-16-23(25(28-17-22)31-13-11-27-12-14-31)26(32)30(3)18-21-7-5-4-6-8-21;3-2(4,5)1(6)7/h4-10,15-17,27,29H,11-14,18H2,1-3H3;(H,6,7). The minimum absolute atomic E-state index is 0.206. The summed E-state index contributed by atoms with van der Waals surface area (Å²) in [6, 6.07) is 16.6. The number of aryl methyl sites for hydroxylation is 2. The maximum atomic E-state index is 13.6. The van der Waals surface area contributed by atoms with Crippen molar-refractivity contribution in [1.82, 2.24) is 15.2 Å². The number of aromatic nitrogens is 1. The molecule has 0 saturated carbocycles. The van der Waals surface area contributed by atoms with E-state index in [1.807, 2.05) is 43.3 Å². The largest absolute Gasteiger partial charge is 0.490 e. The van der Waals surface area contributed by atoms with Gasteiger partial charge in [0.25, 0.3) is 15.9 Å². The van der Waals surface area contributed by atoms with Crippen molar-refractivity contribution >= 4 is 33.4 Å². The molecule has 1 amide bonds. The third-order valence-corrected chi connectivity index (χ3v) is 7.77. The van der Waals surface area contributed by atoms with E-state index < -0.39 is 22.2 Å². The number of rotatable bonds is 7. The van der Waals surface area contributed by atoms with Crippen LogP contribution in [0.3, 0.4) is 0 Å². The van der Waals surface area contributed by atoms with E-state index in [0.717, 1.165) is 24.2 Å². The average Bonchev–Trinajstić information content (AvgIpc) is 2.94. The van der Waals surface area contributed by atoms with Gasteiger partial charge in [-0.1, -0.05) is 42.5 Å². The number of alkyl halides is 3. The van der Waals surface area contributed by atoms with Gasteiger partial charge in [0.05, 0.1) is 22.3 Å². The summed E-state index contributed by atoms with van der Waals surface area (Å²) in [6.07, 6.45) is -3.60. The zero-order chi connectivity index (χ0) is 31.1. The minimum Gasteiger partial charge on any atom is -0.475 e. The van der Waals surface area contributed by atoms with Gasteiger partial charge >= 0.3 is 12.1 Å². The quantitative estimate of drug-likeness (QED) is 0.370. The van der Waals surface area contributed by atoms with Crippen molar-refractivity contribution in [1.29, 1.82) is 0 Å². The van der Waals surface area contributed by atoms with Crippen LogP contribution in [0.4, 0.5) is 24.7 Å². The van der Waals surface area contributed by atoms with Gasteiger partial charge in [0.15, 0.2) is 0 Å². The Balaban J connectivity index is 0.000000616. The first-order chi connectivity index (χ1) is 19.7. The number of nitrogens with zero attached hydrogens (tertiary/aromatic N) is 3. The molecule has 42 heavy (non-hydrogen) atoms. The topological polar surface area (TPSA) is 132 Å². The maximum Gasteiger partial charge on any atom is 0.490 e. The first-order valence-corrected chi connectivity index (χ1v) is 14.3. The van der Waals surface area contributed by atoms with Gasteiger partial charge in [-0.15, -0.1) is 0 Å². The summed E-state index contributed by atoms with van der Waals surface area (Å²) in [5, 5.41) is 10.4. The van der Waals surface area contributed by atoms with Crippen molar-refractivity contribution in [3.05, 3.63) is 83.0 Å². The normalized spacial score (nSPS) is 13.5. The van der Waals surface area contributed by atoms with Gasteiger partial charge in [-0.25, -0.2) is 18.2 Å². The minimum atomic E-state index is -5.08. The highest BCUT2D eigenvalue weighted by molar-refractivity contribution is 7.92. The number of aliphatic carboxylic acids is 1. The molecular formula is C28H32F3N5O5S. The van der Waals surface area contributed by atoms with Crippen molar-refractivity contribution in [2.24, 2.45) is 0 Å². The molecule has 2 aromatic carbocycles. The molecule has 0 aliphatic carbocycles. The summed E-state index contributed by atoms with van der Waals surface area (Å²) in [7, 11) is -2.11. The number of hydrogen-bond donors (Lipinski definition) is 3. The van der Waals surface area contributed by atoms with Crippen LogP contribution >= 0.6 is 0 Å². The highest BCUT2D eigenvalue weighted by Crippen LogP contribution is 2.26. The van der Waals surface area contributed by atoms with Crippen molar-refractivity contribution in [3.63, 3.8) is 0 Å². The van der Waals surface area contributed by atoms with Crippen LogP contribution in [0.5, 0.6) is 0 Å². The molecule has 3 aromatic rings. The Morgan fingerprint density at radius 1 is 1.07 bits per heavy atom. The summed E-state index contributed by atoms with van der Waals surface area (Å²) < 4.78 is 60.7. The van der Waals surface area contributed by atoms with Crippen LogP contribution in [-0.4, -0.2) is 74.7 Å². The number of halogens is 3. The van der Waals surface area contributed by atoms with Crippen LogP contribution in [0.1, 0.15) is 27.0 Å². The van der Waals surface area contributed by atoms with Gasteiger partial charge in [-0.3, -0.25) is 9.52 Å². The van der Waals surface area contributed by atoms with Gasteiger partial charge in [0.2, 0.25) is 0 Å². The van der Waals surface area contributed by atoms with E-state index >= 15 is 0 Å². The Morgan fingerprint density at radius 2 is 1.69 bits per heavy atom. The first kappa shape index (κ1) is 32.3. The zero-order valence-electron chi connectivity index (χ0n) is 23.3. The molecule has 1 fully saturated rings.